The number of hydrogen-bond donors (Lipinski definition) is 3. The summed E-state index contributed by atoms with van der Waals surface area (Å²) in [6.07, 6.45) is 10.6. The Kier molecular flexibility index (Phi) is 11.5. The van der Waals surface area contributed by atoms with Crippen LogP contribution in [-0.4, -0.2) is 46.3 Å². The van der Waals surface area contributed by atoms with Gasteiger partial charge in [0.1, 0.15) is 0 Å². The molecule has 0 spiro atoms. The number of nitrogens with one attached hydrogen (secondary N) is 3. The molecule has 0 atom stereocenters. The Bertz CT molecular complexity index is 474. The minimum absolute atomic E-state index is 0. The van der Waals surface area contributed by atoms with E-state index >= 15 is 0 Å². The fourth-order valence-electron chi connectivity index (χ4n) is 3.14. The first-order chi connectivity index (χ1) is 10.7. The Balaban J connectivity index is 0.00000529. The van der Waals surface area contributed by atoms with Crippen molar-refractivity contribution in [2.24, 2.45) is 10.9 Å². The lowest BCUT2D eigenvalue weighted by Crippen LogP contribution is -2.53. The van der Waals surface area contributed by atoms with Gasteiger partial charge in [0.25, 0.3) is 0 Å². The van der Waals surface area contributed by atoms with Gasteiger partial charge in [-0.1, -0.05) is 32.1 Å². The van der Waals surface area contributed by atoms with Gasteiger partial charge < -0.3 is 10.6 Å². The summed E-state index contributed by atoms with van der Waals surface area (Å²) in [5, 5.41) is 6.49. The van der Waals surface area contributed by atoms with Crippen molar-refractivity contribution < 1.29 is 8.42 Å². The van der Waals surface area contributed by atoms with Gasteiger partial charge in [-0.05, 0) is 32.6 Å². The number of guanidine groups is 1. The van der Waals surface area contributed by atoms with Crippen LogP contribution in [0.5, 0.6) is 0 Å². The molecule has 0 heterocycles. The summed E-state index contributed by atoms with van der Waals surface area (Å²) in [5.41, 5.74) is -0.562. The molecule has 1 fully saturated rings. The fraction of sp³-hybridized carbons (Fsp3) is 0.938. The fourth-order valence-corrected chi connectivity index (χ4v) is 4.21. The molecular weight excluding hydrogens is 439 g/mol. The average molecular weight is 474 g/mol. The van der Waals surface area contributed by atoms with Gasteiger partial charge in [0.05, 0.1) is 6.26 Å². The van der Waals surface area contributed by atoms with Gasteiger partial charge in [0, 0.05) is 25.7 Å². The van der Waals surface area contributed by atoms with Gasteiger partial charge in [0.15, 0.2) is 5.96 Å². The van der Waals surface area contributed by atoms with Crippen molar-refractivity contribution in [2.75, 3.05) is 26.4 Å². The number of rotatable bonds is 8. The first-order valence-corrected chi connectivity index (χ1v) is 10.5. The molecule has 8 heteroatoms. The van der Waals surface area contributed by atoms with E-state index in [1.807, 2.05) is 13.8 Å². The first-order valence-electron chi connectivity index (χ1n) is 8.65. The number of nitrogens with zero attached hydrogens (tertiary/aromatic N) is 1. The van der Waals surface area contributed by atoms with Gasteiger partial charge in [-0.15, -0.1) is 24.0 Å². The SMILES string of the molecule is CN=C(NCCCC1CCCCC1)NCC(C)(C)NS(C)(=O)=O.I. The van der Waals surface area contributed by atoms with Crippen LogP contribution in [0.1, 0.15) is 58.8 Å². The number of hydrogen-bond acceptors (Lipinski definition) is 3. The zero-order valence-electron chi connectivity index (χ0n) is 15.5. The lowest BCUT2D eigenvalue weighted by molar-refractivity contribution is 0.332. The van der Waals surface area contributed by atoms with Crippen LogP contribution < -0.4 is 15.4 Å². The van der Waals surface area contributed by atoms with Crippen LogP contribution in [0.15, 0.2) is 4.99 Å². The molecule has 0 aromatic heterocycles. The topological polar surface area (TPSA) is 82.6 Å². The van der Waals surface area contributed by atoms with Gasteiger partial charge >= 0.3 is 0 Å². The van der Waals surface area contributed by atoms with Crippen LogP contribution in [0.3, 0.4) is 0 Å². The maximum absolute atomic E-state index is 11.3. The third kappa shape index (κ3) is 11.5. The lowest BCUT2D eigenvalue weighted by Gasteiger charge is -2.26. The Morgan fingerprint density at radius 1 is 1.17 bits per heavy atom. The Labute approximate surface area is 165 Å². The summed E-state index contributed by atoms with van der Waals surface area (Å²) in [6, 6.07) is 0. The molecule has 1 aliphatic carbocycles. The van der Waals surface area contributed by atoms with Crippen molar-refractivity contribution in [3.05, 3.63) is 0 Å². The van der Waals surface area contributed by atoms with E-state index in [2.05, 4.69) is 20.3 Å². The monoisotopic (exact) mass is 474 g/mol. The second kappa shape index (κ2) is 11.5. The third-order valence-electron chi connectivity index (χ3n) is 4.19. The van der Waals surface area contributed by atoms with Crippen LogP contribution >= 0.6 is 24.0 Å². The molecule has 0 bridgehead atoms. The van der Waals surface area contributed by atoms with E-state index in [1.165, 1.54) is 44.8 Å². The maximum Gasteiger partial charge on any atom is 0.209 e. The van der Waals surface area contributed by atoms with E-state index in [4.69, 9.17) is 0 Å². The van der Waals surface area contributed by atoms with Crippen LogP contribution in [0.4, 0.5) is 0 Å². The quantitative estimate of drug-likeness (QED) is 0.219. The van der Waals surface area contributed by atoms with E-state index in [0.29, 0.717) is 6.54 Å². The molecule has 0 saturated heterocycles. The highest BCUT2D eigenvalue weighted by Crippen LogP contribution is 2.26. The highest BCUT2D eigenvalue weighted by Gasteiger charge is 2.22. The van der Waals surface area contributed by atoms with Gasteiger partial charge in [-0.2, -0.15) is 0 Å². The highest BCUT2D eigenvalue weighted by molar-refractivity contribution is 14.0. The van der Waals surface area contributed by atoms with Crippen molar-refractivity contribution in [3.63, 3.8) is 0 Å². The van der Waals surface area contributed by atoms with Crippen molar-refractivity contribution in [3.8, 4) is 0 Å². The summed E-state index contributed by atoms with van der Waals surface area (Å²) in [4.78, 5) is 4.19. The summed E-state index contributed by atoms with van der Waals surface area (Å²) in [5.74, 6) is 1.62. The van der Waals surface area contributed by atoms with Crippen molar-refractivity contribution >= 4 is 40.0 Å². The Hall–Kier alpha value is -0.0900. The molecule has 24 heavy (non-hydrogen) atoms. The molecule has 1 saturated carbocycles. The van der Waals surface area contributed by atoms with Crippen LogP contribution in [-0.2, 0) is 10.0 Å². The van der Waals surface area contributed by atoms with E-state index < -0.39 is 15.6 Å². The number of sulfonamides is 1. The zero-order chi connectivity index (χ0) is 17.3. The summed E-state index contributed by atoms with van der Waals surface area (Å²) in [6.45, 7) is 5.06. The summed E-state index contributed by atoms with van der Waals surface area (Å²) >= 11 is 0. The van der Waals surface area contributed by atoms with E-state index in [1.54, 1.807) is 7.05 Å². The standard InChI is InChI=1S/C16H34N4O2S.HI/c1-16(2,20-23(4,21)22)13-19-15(17-3)18-12-8-11-14-9-6-5-7-10-14;/h14,20H,5-13H2,1-4H3,(H2,17,18,19);1H. The molecule has 0 aromatic rings. The maximum atomic E-state index is 11.3. The first kappa shape index (κ1) is 23.9. The smallest absolute Gasteiger partial charge is 0.209 e. The van der Waals surface area contributed by atoms with Crippen molar-refractivity contribution in [1.29, 1.82) is 0 Å². The number of halogens is 1. The zero-order valence-corrected chi connectivity index (χ0v) is 18.7. The molecule has 1 aliphatic rings. The Morgan fingerprint density at radius 3 is 2.33 bits per heavy atom. The van der Waals surface area contributed by atoms with Gasteiger partial charge in [-0.25, -0.2) is 13.1 Å². The lowest BCUT2D eigenvalue weighted by atomic mass is 9.86. The number of aliphatic imine (C=N–C) groups is 1. The van der Waals surface area contributed by atoms with E-state index in [9.17, 15) is 8.42 Å². The average Bonchev–Trinajstić information content (AvgIpc) is 2.45. The molecule has 1 rings (SSSR count). The predicted octanol–water partition coefficient (Wildman–Crippen LogP) is 2.46. The van der Waals surface area contributed by atoms with Gasteiger partial charge in [0.2, 0.25) is 10.0 Å². The van der Waals surface area contributed by atoms with Crippen molar-refractivity contribution in [1.82, 2.24) is 15.4 Å². The molecule has 0 aromatic carbocycles. The van der Waals surface area contributed by atoms with Crippen LogP contribution in [0.25, 0.3) is 0 Å². The second-order valence-electron chi connectivity index (χ2n) is 7.26. The molecule has 0 aliphatic heterocycles. The van der Waals surface area contributed by atoms with Crippen LogP contribution in [0.2, 0.25) is 0 Å². The second-order valence-corrected chi connectivity index (χ2v) is 9.01. The third-order valence-corrected chi connectivity index (χ3v) is 5.11. The van der Waals surface area contributed by atoms with Crippen molar-refractivity contribution in [2.45, 2.75) is 64.3 Å². The Morgan fingerprint density at radius 2 is 1.79 bits per heavy atom. The molecule has 0 amide bonds. The molecule has 3 N–H and O–H groups in total. The molecule has 0 radical (unpaired) electrons. The summed E-state index contributed by atoms with van der Waals surface area (Å²) < 4.78 is 25.3. The minimum atomic E-state index is -3.22. The van der Waals surface area contributed by atoms with Crippen LogP contribution in [0, 0.1) is 5.92 Å². The molecular formula is C16H35IN4O2S. The predicted molar refractivity (Wildman–Crippen MR) is 113 cm³/mol. The van der Waals surface area contributed by atoms with E-state index in [0.717, 1.165) is 24.8 Å². The molecule has 144 valence electrons. The largest absolute Gasteiger partial charge is 0.356 e. The molecule has 0 unspecified atom stereocenters. The normalized spacial score (nSPS) is 17.2. The summed E-state index contributed by atoms with van der Waals surface area (Å²) in [7, 11) is -1.49. The minimum Gasteiger partial charge on any atom is -0.356 e. The van der Waals surface area contributed by atoms with E-state index in [-0.39, 0.29) is 24.0 Å². The molecule has 6 nitrogen and oxygen atoms in total. The highest BCUT2D eigenvalue weighted by atomic mass is 127. The van der Waals surface area contributed by atoms with Gasteiger partial charge in [-0.3, -0.25) is 4.99 Å².